The van der Waals surface area contributed by atoms with Crippen LogP contribution in [0, 0.1) is 0 Å². The molecule has 0 unspecified atom stereocenters. The van der Waals surface area contributed by atoms with Crippen LogP contribution in [0.1, 0.15) is 33.3 Å². The van der Waals surface area contributed by atoms with Gasteiger partial charge >= 0.3 is 0 Å². The first-order valence-electron chi connectivity index (χ1n) is 10.2. The smallest absolute Gasteiger partial charge is 0.243 e. The number of nitrogens with two attached hydrogens (primary N) is 1. The second kappa shape index (κ2) is 8.08. The minimum Gasteiger partial charge on any atom is -0.491 e. The molecule has 0 bridgehead atoms. The Kier molecular flexibility index (Phi) is 6.07. The molecule has 1 aromatic carbocycles. The number of nitrogens with zero attached hydrogens (tertiary/aromatic N) is 2. The lowest BCUT2D eigenvalue weighted by Gasteiger charge is -2.38. The van der Waals surface area contributed by atoms with Gasteiger partial charge in [0.2, 0.25) is 5.91 Å². The lowest BCUT2D eigenvalue weighted by molar-refractivity contribution is -0.125. The van der Waals surface area contributed by atoms with Crippen molar-refractivity contribution in [2.75, 3.05) is 13.2 Å². The van der Waals surface area contributed by atoms with Crippen LogP contribution in [0.5, 0.6) is 5.75 Å². The van der Waals surface area contributed by atoms with E-state index in [1.54, 1.807) is 0 Å². The van der Waals surface area contributed by atoms with Gasteiger partial charge in [-0.25, -0.2) is 0 Å². The molecular formula is C21H33N3O4Si. The van der Waals surface area contributed by atoms with Crippen LogP contribution in [0.15, 0.2) is 18.3 Å². The SMILES string of the molecule is C[C@H](Cn1ncc2ccc3c(c21)C[C@@H](OCC(N)=O)CO3)O[Si](C)(C)C(C)(C)C. The van der Waals surface area contributed by atoms with Crippen molar-refractivity contribution in [2.45, 2.75) is 71.0 Å². The van der Waals surface area contributed by atoms with Crippen LogP contribution < -0.4 is 10.5 Å². The summed E-state index contributed by atoms with van der Waals surface area (Å²) in [6.07, 6.45) is 2.37. The van der Waals surface area contributed by atoms with Crippen molar-refractivity contribution in [1.29, 1.82) is 0 Å². The predicted octanol–water partition coefficient (Wildman–Crippen LogP) is 3.25. The van der Waals surface area contributed by atoms with Crippen LogP contribution in [-0.2, 0) is 26.9 Å². The van der Waals surface area contributed by atoms with Gasteiger partial charge in [-0.2, -0.15) is 5.10 Å². The monoisotopic (exact) mass is 419 g/mol. The highest BCUT2D eigenvalue weighted by Gasteiger charge is 2.38. The molecule has 8 heteroatoms. The predicted molar refractivity (Wildman–Crippen MR) is 116 cm³/mol. The first-order valence-corrected chi connectivity index (χ1v) is 13.1. The zero-order valence-electron chi connectivity index (χ0n) is 18.3. The maximum atomic E-state index is 11.1. The molecule has 0 spiro atoms. The molecule has 2 aromatic rings. The van der Waals surface area contributed by atoms with Crippen LogP contribution in [0.4, 0.5) is 0 Å². The number of amides is 1. The van der Waals surface area contributed by atoms with Gasteiger partial charge in [-0.1, -0.05) is 20.8 Å². The zero-order chi connectivity index (χ0) is 21.4. The average Bonchev–Trinajstić information content (AvgIpc) is 3.01. The Labute approximate surface area is 173 Å². The molecule has 160 valence electrons. The van der Waals surface area contributed by atoms with Gasteiger partial charge < -0.3 is 19.6 Å². The fourth-order valence-electron chi connectivity index (χ4n) is 3.44. The van der Waals surface area contributed by atoms with Crippen LogP contribution in [-0.4, -0.2) is 49.4 Å². The number of aromatic nitrogens is 2. The molecule has 0 aliphatic carbocycles. The molecule has 2 N–H and O–H groups in total. The first kappa shape index (κ1) is 21.8. The van der Waals surface area contributed by atoms with Gasteiger partial charge in [0, 0.05) is 17.4 Å². The maximum Gasteiger partial charge on any atom is 0.243 e. The molecule has 7 nitrogen and oxygen atoms in total. The number of fused-ring (bicyclic) bond motifs is 3. The highest BCUT2D eigenvalue weighted by atomic mass is 28.4. The third-order valence-corrected chi connectivity index (χ3v) is 10.5. The summed E-state index contributed by atoms with van der Waals surface area (Å²) in [7, 11) is -1.86. The van der Waals surface area contributed by atoms with Gasteiger partial charge in [-0.3, -0.25) is 9.48 Å². The molecule has 29 heavy (non-hydrogen) atoms. The highest BCUT2D eigenvalue weighted by Crippen LogP contribution is 2.38. The van der Waals surface area contributed by atoms with Gasteiger partial charge in [0.1, 0.15) is 19.0 Å². The second-order valence-corrected chi connectivity index (χ2v) is 14.2. The summed E-state index contributed by atoms with van der Waals surface area (Å²) in [5.74, 6) is 0.367. The first-order chi connectivity index (χ1) is 13.5. The molecule has 1 aliphatic rings. The second-order valence-electron chi connectivity index (χ2n) is 9.41. The third-order valence-electron chi connectivity index (χ3n) is 5.92. The van der Waals surface area contributed by atoms with E-state index >= 15 is 0 Å². The number of rotatable bonds is 7. The van der Waals surface area contributed by atoms with Crippen LogP contribution >= 0.6 is 0 Å². The number of ether oxygens (including phenoxy) is 2. The summed E-state index contributed by atoms with van der Waals surface area (Å²) < 4.78 is 20.0. The van der Waals surface area contributed by atoms with E-state index in [0.717, 1.165) is 22.2 Å². The van der Waals surface area contributed by atoms with E-state index in [1.807, 2.05) is 23.0 Å². The molecule has 0 fully saturated rings. The topological polar surface area (TPSA) is 88.6 Å². The average molecular weight is 420 g/mol. The molecule has 0 saturated heterocycles. The van der Waals surface area contributed by atoms with E-state index < -0.39 is 14.2 Å². The van der Waals surface area contributed by atoms with E-state index in [2.05, 4.69) is 45.9 Å². The third kappa shape index (κ3) is 4.82. The largest absolute Gasteiger partial charge is 0.491 e. The lowest BCUT2D eigenvalue weighted by Crippen LogP contribution is -2.44. The Hall–Kier alpha value is -1.90. The number of carbonyl (C=O) groups is 1. The number of benzene rings is 1. The number of primary amides is 1. The Balaban J connectivity index is 1.83. The van der Waals surface area contributed by atoms with Crippen molar-refractivity contribution in [3.63, 3.8) is 0 Å². The molecule has 2 atom stereocenters. The van der Waals surface area contributed by atoms with Gasteiger partial charge in [0.15, 0.2) is 8.32 Å². The summed E-state index contributed by atoms with van der Waals surface area (Å²) >= 11 is 0. The Morgan fingerprint density at radius 2 is 2.14 bits per heavy atom. The van der Waals surface area contributed by atoms with Gasteiger partial charge in [-0.15, -0.1) is 0 Å². The minimum absolute atomic E-state index is 0.0428. The fourth-order valence-corrected chi connectivity index (χ4v) is 4.88. The van der Waals surface area contributed by atoms with Gasteiger partial charge in [-0.05, 0) is 37.2 Å². The van der Waals surface area contributed by atoms with Crippen LogP contribution in [0.2, 0.25) is 18.1 Å². The Bertz CT molecular complexity index is 888. The Morgan fingerprint density at radius 3 is 2.79 bits per heavy atom. The van der Waals surface area contributed by atoms with E-state index in [4.69, 9.17) is 19.6 Å². The molecule has 0 saturated carbocycles. The molecule has 1 aromatic heterocycles. The molecule has 3 rings (SSSR count). The number of hydrogen-bond donors (Lipinski definition) is 1. The number of hydrogen-bond acceptors (Lipinski definition) is 5. The van der Waals surface area contributed by atoms with Crippen molar-refractivity contribution in [3.05, 3.63) is 23.9 Å². The van der Waals surface area contributed by atoms with Crippen molar-refractivity contribution in [2.24, 2.45) is 5.73 Å². The maximum absolute atomic E-state index is 11.1. The Morgan fingerprint density at radius 1 is 1.41 bits per heavy atom. The quantitative estimate of drug-likeness (QED) is 0.696. The molecule has 1 aliphatic heterocycles. The van der Waals surface area contributed by atoms with Crippen LogP contribution in [0.25, 0.3) is 10.9 Å². The summed E-state index contributed by atoms with van der Waals surface area (Å²) in [5.41, 5.74) is 7.31. The van der Waals surface area contributed by atoms with Gasteiger partial charge in [0.25, 0.3) is 0 Å². The van der Waals surface area contributed by atoms with E-state index in [1.165, 1.54) is 0 Å². The highest BCUT2D eigenvalue weighted by molar-refractivity contribution is 6.74. The van der Waals surface area contributed by atoms with Crippen molar-refractivity contribution >= 4 is 25.1 Å². The van der Waals surface area contributed by atoms with Crippen LogP contribution in [0.3, 0.4) is 0 Å². The molecule has 0 radical (unpaired) electrons. The summed E-state index contributed by atoms with van der Waals surface area (Å²) in [4.78, 5) is 11.1. The van der Waals surface area contributed by atoms with Crippen molar-refractivity contribution in [3.8, 4) is 5.75 Å². The summed E-state index contributed by atoms with van der Waals surface area (Å²) in [6, 6.07) is 4.01. The zero-order valence-corrected chi connectivity index (χ0v) is 19.3. The van der Waals surface area contributed by atoms with E-state index in [0.29, 0.717) is 19.6 Å². The van der Waals surface area contributed by atoms with Gasteiger partial charge in [0.05, 0.1) is 30.5 Å². The normalized spacial score (nSPS) is 18.3. The summed E-state index contributed by atoms with van der Waals surface area (Å²) in [6.45, 7) is 14.3. The fraction of sp³-hybridized carbons (Fsp3) is 0.619. The molecule has 2 heterocycles. The van der Waals surface area contributed by atoms with E-state index in [-0.39, 0.29) is 23.9 Å². The van der Waals surface area contributed by atoms with Crippen molar-refractivity contribution < 1.29 is 18.7 Å². The van der Waals surface area contributed by atoms with Crippen molar-refractivity contribution in [1.82, 2.24) is 9.78 Å². The number of carbonyl (C=O) groups excluding carboxylic acids is 1. The minimum atomic E-state index is -1.86. The summed E-state index contributed by atoms with van der Waals surface area (Å²) in [5, 5.41) is 5.83. The van der Waals surface area contributed by atoms with E-state index in [9.17, 15) is 4.79 Å². The standard InChI is InChI=1S/C21H33N3O4Si/c1-14(28-29(5,6)21(2,3)4)11-24-20-15(10-23-24)7-8-18-17(20)9-16(12-27-18)26-13-19(22)25/h7-8,10,14,16H,9,11-13H2,1-6H3,(H2,22,25)/t14-,16-/m1/s1. The molecule has 1 amide bonds. The molecular weight excluding hydrogens is 386 g/mol. The lowest BCUT2D eigenvalue weighted by atomic mass is 10.0.